The third kappa shape index (κ3) is 5.22. The molecule has 190 valence electrons. The molecule has 8 nitrogen and oxygen atoms in total. The zero-order valence-corrected chi connectivity index (χ0v) is 21.9. The van der Waals surface area contributed by atoms with Gasteiger partial charge in [-0.2, -0.15) is 14.3 Å². The number of rotatable bonds is 10. The molecular formula is C27H34N6O2S. The van der Waals surface area contributed by atoms with Gasteiger partial charge in [0, 0.05) is 12.0 Å². The second-order valence-corrected chi connectivity index (χ2v) is 11.9. The summed E-state index contributed by atoms with van der Waals surface area (Å²) in [4.78, 5) is 7.27. The Hall–Kier alpha value is -3.04. The SMILES string of the molecule is CCC(C)S(=O)(=O)n1cc(-c2cccc3nc(Cc4ccc(CCCN5CCCC5)cc4)nn23)cn1. The normalized spacial score (nSPS) is 15.6. The maximum atomic E-state index is 12.7. The fraction of sp³-hybridized carbons (Fsp3) is 0.444. The minimum Gasteiger partial charge on any atom is -0.303 e. The van der Waals surface area contributed by atoms with E-state index in [1.807, 2.05) is 25.1 Å². The lowest BCUT2D eigenvalue weighted by molar-refractivity contribution is 0.334. The molecule has 1 aromatic carbocycles. The molecule has 1 unspecified atom stereocenters. The number of nitrogens with zero attached hydrogens (tertiary/aromatic N) is 6. The third-order valence-corrected chi connectivity index (χ3v) is 9.20. The van der Waals surface area contributed by atoms with E-state index in [-0.39, 0.29) is 0 Å². The predicted molar refractivity (Wildman–Crippen MR) is 142 cm³/mol. The maximum absolute atomic E-state index is 12.7. The maximum Gasteiger partial charge on any atom is 0.256 e. The number of aryl methyl sites for hydroxylation is 1. The van der Waals surface area contributed by atoms with Crippen LogP contribution in [0.1, 0.15) is 56.5 Å². The average molecular weight is 507 g/mol. The van der Waals surface area contributed by atoms with Crippen molar-refractivity contribution < 1.29 is 8.42 Å². The molecule has 0 saturated carbocycles. The van der Waals surface area contributed by atoms with Crippen molar-refractivity contribution in [3.63, 3.8) is 0 Å². The molecule has 0 bridgehead atoms. The highest BCUT2D eigenvalue weighted by atomic mass is 32.2. The minimum atomic E-state index is -3.52. The van der Waals surface area contributed by atoms with Crippen LogP contribution >= 0.6 is 0 Å². The van der Waals surface area contributed by atoms with Gasteiger partial charge >= 0.3 is 0 Å². The van der Waals surface area contributed by atoms with Crippen molar-refractivity contribution in [1.82, 2.24) is 28.7 Å². The zero-order valence-electron chi connectivity index (χ0n) is 21.0. The van der Waals surface area contributed by atoms with E-state index in [0.717, 1.165) is 27.7 Å². The summed E-state index contributed by atoms with van der Waals surface area (Å²) in [5.41, 5.74) is 4.70. The van der Waals surface area contributed by atoms with Gasteiger partial charge < -0.3 is 4.90 Å². The predicted octanol–water partition coefficient (Wildman–Crippen LogP) is 4.19. The molecule has 1 aliphatic rings. The van der Waals surface area contributed by atoms with Crippen LogP contribution < -0.4 is 0 Å². The molecular weight excluding hydrogens is 472 g/mol. The van der Waals surface area contributed by atoms with Crippen molar-refractivity contribution in [2.45, 2.75) is 57.6 Å². The lowest BCUT2D eigenvalue weighted by Crippen LogP contribution is -2.24. The molecule has 0 aliphatic carbocycles. The summed E-state index contributed by atoms with van der Waals surface area (Å²) in [5.74, 6) is 0.726. The molecule has 1 aliphatic heterocycles. The van der Waals surface area contributed by atoms with Gasteiger partial charge in [0.2, 0.25) is 0 Å². The Morgan fingerprint density at radius 1 is 1.03 bits per heavy atom. The highest BCUT2D eigenvalue weighted by Gasteiger charge is 2.23. The molecule has 1 atom stereocenters. The van der Waals surface area contributed by atoms with Crippen molar-refractivity contribution in [3.05, 3.63) is 71.8 Å². The number of likely N-dealkylation sites (tertiary alicyclic amines) is 1. The van der Waals surface area contributed by atoms with Gasteiger partial charge in [0.25, 0.3) is 10.0 Å². The number of benzene rings is 1. The molecule has 1 saturated heterocycles. The van der Waals surface area contributed by atoms with Crippen LogP contribution in [0.3, 0.4) is 0 Å². The summed E-state index contributed by atoms with van der Waals surface area (Å²) in [5, 5.41) is 8.36. The van der Waals surface area contributed by atoms with E-state index in [4.69, 9.17) is 10.1 Å². The van der Waals surface area contributed by atoms with Gasteiger partial charge in [-0.05, 0) is 81.9 Å². The molecule has 3 aromatic heterocycles. The van der Waals surface area contributed by atoms with E-state index >= 15 is 0 Å². The first-order chi connectivity index (χ1) is 17.4. The molecule has 0 spiro atoms. The summed E-state index contributed by atoms with van der Waals surface area (Å²) < 4.78 is 28.2. The summed E-state index contributed by atoms with van der Waals surface area (Å²) >= 11 is 0. The molecule has 5 rings (SSSR count). The highest BCUT2D eigenvalue weighted by molar-refractivity contribution is 7.90. The number of hydrogen-bond donors (Lipinski definition) is 0. The molecule has 0 radical (unpaired) electrons. The van der Waals surface area contributed by atoms with Crippen LogP contribution in [0.4, 0.5) is 0 Å². The largest absolute Gasteiger partial charge is 0.303 e. The molecule has 0 N–H and O–H groups in total. The second-order valence-electron chi connectivity index (χ2n) is 9.72. The Morgan fingerprint density at radius 2 is 1.78 bits per heavy atom. The van der Waals surface area contributed by atoms with Gasteiger partial charge in [-0.3, -0.25) is 0 Å². The number of pyridine rings is 1. The van der Waals surface area contributed by atoms with Crippen molar-refractivity contribution in [2.75, 3.05) is 19.6 Å². The Balaban J connectivity index is 1.29. The van der Waals surface area contributed by atoms with Gasteiger partial charge in [0.15, 0.2) is 11.5 Å². The summed E-state index contributed by atoms with van der Waals surface area (Å²) in [6.45, 7) is 7.26. The van der Waals surface area contributed by atoms with Gasteiger partial charge in [-0.25, -0.2) is 17.9 Å². The van der Waals surface area contributed by atoms with Gasteiger partial charge in [0.1, 0.15) is 0 Å². The lowest BCUT2D eigenvalue weighted by Gasteiger charge is -2.13. The Morgan fingerprint density at radius 3 is 2.53 bits per heavy atom. The average Bonchev–Trinajstić information content (AvgIpc) is 3.65. The molecule has 4 aromatic rings. The topological polar surface area (TPSA) is 85.4 Å². The van der Waals surface area contributed by atoms with Crippen LogP contribution in [-0.4, -0.2) is 62.0 Å². The lowest BCUT2D eigenvalue weighted by atomic mass is 10.1. The Bertz CT molecular complexity index is 1420. The van der Waals surface area contributed by atoms with Crippen LogP contribution in [0.5, 0.6) is 0 Å². The minimum absolute atomic E-state index is 0.504. The van der Waals surface area contributed by atoms with E-state index in [9.17, 15) is 8.42 Å². The quantitative estimate of drug-likeness (QED) is 0.321. The summed E-state index contributed by atoms with van der Waals surface area (Å²) in [6, 6.07) is 14.5. The highest BCUT2D eigenvalue weighted by Crippen LogP contribution is 2.22. The summed E-state index contributed by atoms with van der Waals surface area (Å²) in [6.07, 6.45) is 9.28. The molecule has 1 fully saturated rings. The molecule has 36 heavy (non-hydrogen) atoms. The Kier molecular flexibility index (Phi) is 7.20. The molecule has 0 amide bonds. The van der Waals surface area contributed by atoms with Gasteiger partial charge in [0.05, 0.1) is 23.3 Å². The van der Waals surface area contributed by atoms with Crippen LogP contribution in [0.25, 0.3) is 16.9 Å². The number of aromatic nitrogens is 5. The Labute approximate surface area is 213 Å². The van der Waals surface area contributed by atoms with Crippen molar-refractivity contribution >= 4 is 15.7 Å². The van der Waals surface area contributed by atoms with Crippen LogP contribution in [0.15, 0.2) is 54.9 Å². The van der Waals surface area contributed by atoms with Crippen molar-refractivity contribution in [2.24, 2.45) is 0 Å². The van der Waals surface area contributed by atoms with Crippen LogP contribution in [0, 0.1) is 0 Å². The van der Waals surface area contributed by atoms with Gasteiger partial charge in [-0.1, -0.05) is 37.3 Å². The van der Waals surface area contributed by atoms with Crippen LogP contribution in [-0.2, 0) is 22.9 Å². The van der Waals surface area contributed by atoms with Gasteiger partial charge in [-0.15, -0.1) is 0 Å². The monoisotopic (exact) mass is 506 g/mol. The zero-order chi connectivity index (χ0) is 25.1. The second kappa shape index (κ2) is 10.5. The first kappa shape index (κ1) is 24.6. The van der Waals surface area contributed by atoms with E-state index in [0.29, 0.717) is 18.4 Å². The van der Waals surface area contributed by atoms with E-state index < -0.39 is 15.3 Å². The van der Waals surface area contributed by atoms with Crippen LogP contribution in [0.2, 0.25) is 0 Å². The fourth-order valence-electron chi connectivity index (χ4n) is 4.73. The standard InChI is InChI=1S/C27H34N6O2S/c1-3-21(2)36(34,35)32-20-24(19-28-32)25-9-6-10-27-29-26(30-33(25)27)18-23-13-11-22(12-14-23)8-7-17-31-15-4-5-16-31/h6,9-14,19-21H,3-5,7-8,15-18H2,1-2H3. The van der Waals surface area contributed by atoms with E-state index in [2.05, 4.69) is 34.3 Å². The first-order valence-electron chi connectivity index (χ1n) is 12.9. The van der Waals surface area contributed by atoms with Crippen molar-refractivity contribution in [3.8, 4) is 11.3 Å². The molecule has 4 heterocycles. The fourth-order valence-corrected chi connectivity index (χ4v) is 5.96. The van der Waals surface area contributed by atoms with E-state index in [1.165, 1.54) is 50.0 Å². The summed E-state index contributed by atoms with van der Waals surface area (Å²) in [7, 11) is -3.52. The number of hydrogen-bond acceptors (Lipinski definition) is 6. The number of fused-ring (bicyclic) bond motifs is 1. The first-order valence-corrected chi connectivity index (χ1v) is 14.4. The van der Waals surface area contributed by atoms with Crippen molar-refractivity contribution in [1.29, 1.82) is 0 Å². The third-order valence-electron chi connectivity index (χ3n) is 7.13. The van der Waals surface area contributed by atoms with E-state index in [1.54, 1.807) is 23.8 Å². The smallest absolute Gasteiger partial charge is 0.256 e. The molecule has 9 heteroatoms.